The monoisotopic (exact) mass is 255 g/mol. The van der Waals surface area contributed by atoms with Crippen LogP contribution in [0.1, 0.15) is 21.7 Å². The molecule has 0 bridgehead atoms. The van der Waals surface area contributed by atoms with Crippen LogP contribution in [0.25, 0.3) is 22.2 Å². The molecule has 0 amide bonds. The summed E-state index contributed by atoms with van der Waals surface area (Å²) in [6.45, 7) is 4.00. The van der Waals surface area contributed by atoms with Gasteiger partial charge >= 0.3 is 5.97 Å². The summed E-state index contributed by atoms with van der Waals surface area (Å²) in [6, 6.07) is 7.59. The van der Waals surface area contributed by atoms with E-state index in [0.717, 1.165) is 27.7 Å². The molecule has 2 heterocycles. The molecule has 3 aromatic rings. The third-order valence-electron chi connectivity index (χ3n) is 3.29. The summed E-state index contributed by atoms with van der Waals surface area (Å²) in [7, 11) is 0. The number of rotatable bonds is 2. The van der Waals surface area contributed by atoms with Crippen LogP contribution in [0.5, 0.6) is 0 Å². The lowest BCUT2D eigenvalue weighted by Crippen LogP contribution is -1.95. The number of hydrogen-bond acceptors (Lipinski definition) is 2. The first-order chi connectivity index (χ1) is 9.08. The lowest BCUT2D eigenvalue weighted by molar-refractivity contribution is 0.0690. The smallest absolute Gasteiger partial charge is 0.353 e. The molecule has 2 aromatic heterocycles. The van der Waals surface area contributed by atoms with E-state index in [9.17, 15) is 4.79 Å². The summed E-state index contributed by atoms with van der Waals surface area (Å²) < 4.78 is 0. The number of aryl methyl sites for hydroxylation is 2. The minimum Gasteiger partial charge on any atom is -0.477 e. The van der Waals surface area contributed by atoms with Crippen LogP contribution in [0.4, 0.5) is 0 Å². The maximum atomic E-state index is 10.9. The molecule has 0 radical (unpaired) electrons. The molecule has 0 saturated heterocycles. The van der Waals surface area contributed by atoms with Crippen molar-refractivity contribution in [3.63, 3.8) is 0 Å². The number of para-hydroxylation sites is 1. The van der Waals surface area contributed by atoms with Crippen molar-refractivity contribution in [2.24, 2.45) is 0 Å². The molecule has 0 unspecified atom stereocenters. The Kier molecular flexibility index (Phi) is 2.41. The van der Waals surface area contributed by atoms with E-state index >= 15 is 0 Å². The van der Waals surface area contributed by atoms with Crippen LogP contribution >= 0.6 is 0 Å². The Morgan fingerprint density at radius 2 is 2.11 bits per heavy atom. The van der Waals surface area contributed by atoms with Crippen molar-refractivity contribution in [3.05, 3.63) is 41.2 Å². The molecule has 0 atom stereocenters. The standard InChI is InChI=1S/C14H13N3O2/c1-7-4-3-5-9-12(8(2)15-13(7)9)10-6-11(14(18)19)17-16-10/h3-6,15H,1-2H3,(H,16,17)(H,18,19). The second kappa shape index (κ2) is 3.98. The highest BCUT2D eigenvalue weighted by atomic mass is 16.4. The molecular formula is C14H13N3O2. The van der Waals surface area contributed by atoms with Crippen molar-refractivity contribution >= 4 is 16.9 Å². The van der Waals surface area contributed by atoms with E-state index in [0.29, 0.717) is 5.69 Å². The van der Waals surface area contributed by atoms with Gasteiger partial charge in [0, 0.05) is 22.2 Å². The molecular weight excluding hydrogens is 242 g/mol. The molecule has 3 rings (SSSR count). The first-order valence-electron chi connectivity index (χ1n) is 5.95. The van der Waals surface area contributed by atoms with Gasteiger partial charge in [0.1, 0.15) is 5.69 Å². The summed E-state index contributed by atoms with van der Waals surface area (Å²) in [5.74, 6) is -1.01. The van der Waals surface area contributed by atoms with Gasteiger partial charge in [-0.1, -0.05) is 18.2 Å². The molecule has 5 heteroatoms. The summed E-state index contributed by atoms with van der Waals surface area (Å²) >= 11 is 0. The highest BCUT2D eigenvalue weighted by Gasteiger charge is 2.16. The zero-order valence-corrected chi connectivity index (χ0v) is 10.6. The Labute approximate surface area is 109 Å². The number of carbonyl (C=O) groups is 1. The zero-order chi connectivity index (χ0) is 13.6. The minimum absolute atomic E-state index is 0.0939. The zero-order valence-electron chi connectivity index (χ0n) is 10.6. The van der Waals surface area contributed by atoms with Crippen LogP contribution in [0.2, 0.25) is 0 Å². The minimum atomic E-state index is -1.01. The second-order valence-electron chi connectivity index (χ2n) is 4.59. The van der Waals surface area contributed by atoms with E-state index in [2.05, 4.69) is 15.2 Å². The maximum Gasteiger partial charge on any atom is 0.353 e. The Hall–Kier alpha value is -2.56. The van der Waals surface area contributed by atoms with E-state index < -0.39 is 5.97 Å². The summed E-state index contributed by atoms with van der Waals surface area (Å²) in [5, 5.41) is 16.6. The Morgan fingerprint density at radius 3 is 2.79 bits per heavy atom. The molecule has 96 valence electrons. The van der Waals surface area contributed by atoms with Gasteiger partial charge in [0.05, 0.1) is 5.69 Å². The van der Waals surface area contributed by atoms with Crippen molar-refractivity contribution in [1.29, 1.82) is 0 Å². The fraction of sp³-hybridized carbons (Fsp3) is 0.143. The topological polar surface area (TPSA) is 81.8 Å². The van der Waals surface area contributed by atoms with Crippen LogP contribution in [-0.2, 0) is 0 Å². The van der Waals surface area contributed by atoms with Gasteiger partial charge in [0.25, 0.3) is 0 Å². The molecule has 0 aliphatic carbocycles. The van der Waals surface area contributed by atoms with Crippen molar-refractivity contribution in [2.45, 2.75) is 13.8 Å². The highest BCUT2D eigenvalue weighted by Crippen LogP contribution is 2.32. The molecule has 0 aliphatic heterocycles. The average molecular weight is 255 g/mol. The van der Waals surface area contributed by atoms with Crippen LogP contribution in [0.15, 0.2) is 24.3 Å². The number of H-pyrrole nitrogens is 2. The predicted molar refractivity (Wildman–Crippen MR) is 72.3 cm³/mol. The van der Waals surface area contributed by atoms with E-state index in [-0.39, 0.29) is 5.69 Å². The third kappa shape index (κ3) is 1.71. The molecule has 5 nitrogen and oxygen atoms in total. The van der Waals surface area contributed by atoms with Crippen molar-refractivity contribution in [1.82, 2.24) is 15.2 Å². The summed E-state index contributed by atoms with van der Waals surface area (Å²) in [5.41, 5.74) is 4.88. The van der Waals surface area contributed by atoms with Crippen LogP contribution in [0, 0.1) is 13.8 Å². The van der Waals surface area contributed by atoms with Gasteiger partial charge in [-0.15, -0.1) is 0 Å². The number of nitrogens with one attached hydrogen (secondary N) is 2. The molecule has 0 fully saturated rings. The number of benzene rings is 1. The normalized spacial score (nSPS) is 11.1. The number of aromatic carboxylic acids is 1. The third-order valence-corrected chi connectivity index (χ3v) is 3.29. The number of carboxylic acid groups (broad SMARTS) is 1. The van der Waals surface area contributed by atoms with Crippen LogP contribution < -0.4 is 0 Å². The number of aromatic nitrogens is 3. The van der Waals surface area contributed by atoms with Crippen molar-refractivity contribution in [2.75, 3.05) is 0 Å². The van der Waals surface area contributed by atoms with Gasteiger partial charge in [0.15, 0.2) is 0 Å². The number of aromatic amines is 2. The Morgan fingerprint density at radius 1 is 1.32 bits per heavy atom. The van der Waals surface area contributed by atoms with Gasteiger partial charge in [0.2, 0.25) is 0 Å². The van der Waals surface area contributed by atoms with Crippen LogP contribution in [0.3, 0.4) is 0 Å². The molecule has 0 spiro atoms. The van der Waals surface area contributed by atoms with E-state index in [4.69, 9.17) is 5.11 Å². The lowest BCUT2D eigenvalue weighted by Gasteiger charge is -1.97. The van der Waals surface area contributed by atoms with Crippen molar-refractivity contribution < 1.29 is 9.90 Å². The first-order valence-corrected chi connectivity index (χ1v) is 5.95. The molecule has 1 aromatic carbocycles. The molecule has 0 saturated carbocycles. The Balaban J connectivity index is 2.26. The van der Waals surface area contributed by atoms with Gasteiger partial charge in [-0.2, -0.15) is 5.10 Å². The lowest BCUT2D eigenvalue weighted by atomic mass is 10.1. The van der Waals surface area contributed by atoms with E-state index in [1.165, 1.54) is 0 Å². The van der Waals surface area contributed by atoms with Gasteiger partial charge in [-0.3, -0.25) is 5.10 Å². The number of fused-ring (bicyclic) bond motifs is 1. The van der Waals surface area contributed by atoms with Gasteiger partial charge in [-0.05, 0) is 25.5 Å². The fourth-order valence-corrected chi connectivity index (χ4v) is 2.38. The fourth-order valence-electron chi connectivity index (χ4n) is 2.38. The number of carboxylic acids is 1. The quantitative estimate of drug-likeness (QED) is 0.658. The molecule has 19 heavy (non-hydrogen) atoms. The summed E-state index contributed by atoms with van der Waals surface area (Å²) in [6.07, 6.45) is 0. The van der Waals surface area contributed by atoms with Gasteiger partial charge < -0.3 is 10.1 Å². The average Bonchev–Trinajstić information content (AvgIpc) is 2.93. The SMILES string of the molecule is Cc1[nH]c2c(C)cccc2c1-c1cc(C(=O)O)[nH]n1. The second-order valence-corrected chi connectivity index (χ2v) is 4.59. The van der Waals surface area contributed by atoms with E-state index in [1.54, 1.807) is 6.07 Å². The Bertz CT molecular complexity index is 783. The van der Waals surface area contributed by atoms with Gasteiger partial charge in [-0.25, -0.2) is 4.79 Å². The highest BCUT2D eigenvalue weighted by molar-refractivity contribution is 5.99. The number of hydrogen-bond donors (Lipinski definition) is 3. The largest absolute Gasteiger partial charge is 0.477 e. The number of nitrogens with zero attached hydrogens (tertiary/aromatic N) is 1. The van der Waals surface area contributed by atoms with Crippen LogP contribution in [-0.4, -0.2) is 26.3 Å². The predicted octanol–water partition coefficient (Wildman–Crippen LogP) is 2.87. The summed E-state index contributed by atoms with van der Waals surface area (Å²) in [4.78, 5) is 14.2. The van der Waals surface area contributed by atoms with E-state index in [1.807, 2.05) is 32.0 Å². The molecule has 3 N–H and O–H groups in total. The maximum absolute atomic E-state index is 10.9. The van der Waals surface area contributed by atoms with Crippen molar-refractivity contribution in [3.8, 4) is 11.3 Å². The first kappa shape index (κ1) is 11.5. The molecule has 0 aliphatic rings.